The molecule has 0 spiro atoms. The smallest absolute Gasteiger partial charge is 0.134 e. The fourth-order valence-electron chi connectivity index (χ4n) is 2.30. The Balaban J connectivity index is 2.21. The third-order valence-electron chi connectivity index (χ3n) is 3.28. The fraction of sp³-hybridized carbons (Fsp3) is 0.125. The second-order valence-electron chi connectivity index (χ2n) is 4.69. The maximum absolute atomic E-state index is 14.1. The summed E-state index contributed by atoms with van der Waals surface area (Å²) in [5, 5.41) is 12.8. The van der Waals surface area contributed by atoms with Crippen molar-refractivity contribution in [3.8, 4) is 6.07 Å². The number of benzodiazepines with no additional fused rings is 1. The Hall–Kier alpha value is -2.38. The quantitative estimate of drug-likeness (QED) is 0.874. The van der Waals surface area contributed by atoms with Gasteiger partial charge in [0.05, 0.1) is 18.3 Å². The highest BCUT2D eigenvalue weighted by Crippen LogP contribution is 2.27. The molecule has 0 aromatic heterocycles. The van der Waals surface area contributed by atoms with Crippen LogP contribution in [0.3, 0.4) is 0 Å². The van der Waals surface area contributed by atoms with E-state index >= 15 is 0 Å². The molecule has 3 rings (SSSR count). The van der Waals surface area contributed by atoms with Gasteiger partial charge in [-0.15, -0.1) is 0 Å². The molecule has 2 aromatic rings. The van der Waals surface area contributed by atoms with E-state index in [0.29, 0.717) is 21.9 Å². The molecule has 0 aliphatic carbocycles. The van der Waals surface area contributed by atoms with Gasteiger partial charge in [0.15, 0.2) is 0 Å². The van der Waals surface area contributed by atoms with E-state index in [2.05, 4.69) is 16.4 Å². The highest BCUT2D eigenvalue weighted by molar-refractivity contribution is 6.31. The minimum atomic E-state index is -0.450. The summed E-state index contributed by atoms with van der Waals surface area (Å²) in [6, 6.07) is 13.4. The van der Waals surface area contributed by atoms with Gasteiger partial charge in [-0.3, -0.25) is 4.99 Å². The van der Waals surface area contributed by atoms with Crippen LogP contribution in [0.15, 0.2) is 47.5 Å². The molecule has 0 saturated carbocycles. The predicted octanol–water partition coefficient (Wildman–Crippen LogP) is 3.63. The van der Waals surface area contributed by atoms with Gasteiger partial charge in [0.2, 0.25) is 0 Å². The van der Waals surface area contributed by atoms with Crippen molar-refractivity contribution in [2.24, 2.45) is 4.99 Å². The van der Waals surface area contributed by atoms with Crippen molar-refractivity contribution in [2.45, 2.75) is 6.04 Å². The first-order valence-corrected chi connectivity index (χ1v) is 6.82. The van der Waals surface area contributed by atoms with Crippen molar-refractivity contribution in [1.82, 2.24) is 0 Å². The number of hydrogen-bond donors (Lipinski definition) is 1. The van der Waals surface area contributed by atoms with Crippen LogP contribution >= 0.6 is 11.6 Å². The first-order chi connectivity index (χ1) is 10.2. The zero-order valence-corrected chi connectivity index (χ0v) is 11.7. The van der Waals surface area contributed by atoms with Gasteiger partial charge < -0.3 is 5.32 Å². The number of benzene rings is 2. The molecule has 1 heterocycles. The lowest BCUT2D eigenvalue weighted by Crippen LogP contribution is -2.19. The SMILES string of the molecule is N#CC1CN=C(c2ccccc2F)c2cc(Cl)ccc2N1. The maximum Gasteiger partial charge on any atom is 0.134 e. The molecule has 0 saturated heterocycles. The van der Waals surface area contributed by atoms with Gasteiger partial charge >= 0.3 is 0 Å². The minimum absolute atomic E-state index is 0.256. The van der Waals surface area contributed by atoms with Gasteiger partial charge in [-0.05, 0) is 30.3 Å². The summed E-state index contributed by atoms with van der Waals surface area (Å²) >= 11 is 6.05. The maximum atomic E-state index is 14.1. The summed E-state index contributed by atoms with van der Waals surface area (Å²) in [7, 11) is 0. The summed E-state index contributed by atoms with van der Waals surface area (Å²) in [5.74, 6) is -0.349. The standard InChI is InChI=1S/C16H11ClFN3/c17-10-5-6-15-13(7-10)16(20-9-11(8-19)21-15)12-3-1-2-4-14(12)18/h1-7,11,21H,9H2. The lowest BCUT2D eigenvalue weighted by Gasteiger charge is -2.12. The fourth-order valence-corrected chi connectivity index (χ4v) is 2.47. The van der Waals surface area contributed by atoms with E-state index in [1.165, 1.54) is 6.07 Å². The van der Waals surface area contributed by atoms with E-state index in [4.69, 9.17) is 16.9 Å². The molecule has 5 heteroatoms. The van der Waals surface area contributed by atoms with Gasteiger partial charge in [-0.2, -0.15) is 5.26 Å². The molecule has 1 aliphatic heterocycles. The van der Waals surface area contributed by atoms with E-state index in [1.807, 2.05) is 0 Å². The number of halogens is 2. The van der Waals surface area contributed by atoms with Crippen LogP contribution in [0, 0.1) is 17.1 Å². The lowest BCUT2D eigenvalue weighted by molar-refractivity contribution is 0.625. The molecule has 21 heavy (non-hydrogen) atoms. The zero-order chi connectivity index (χ0) is 14.8. The van der Waals surface area contributed by atoms with Gasteiger partial charge in [0.25, 0.3) is 0 Å². The molecule has 1 aliphatic rings. The second kappa shape index (κ2) is 5.55. The summed E-state index contributed by atoms with van der Waals surface area (Å²) < 4.78 is 14.1. The van der Waals surface area contributed by atoms with Crippen LogP contribution in [0.2, 0.25) is 5.02 Å². The number of hydrogen-bond acceptors (Lipinski definition) is 3. The Morgan fingerprint density at radius 2 is 2.05 bits per heavy atom. The third kappa shape index (κ3) is 2.61. The van der Waals surface area contributed by atoms with Crippen LogP contribution in [0.5, 0.6) is 0 Å². The molecule has 1 unspecified atom stereocenters. The van der Waals surface area contributed by atoms with Crippen molar-refractivity contribution < 1.29 is 4.39 Å². The Kier molecular flexibility index (Phi) is 3.59. The van der Waals surface area contributed by atoms with E-state index in [1.54, 1.807) is 36.4 Å². The largest absolute Gasteiger partial charge is 0.368 e. The summed E-state index contributed by atoms with van der Waals surface area (Å²) in [4.78, 5) is 4.42. The molecule has 1 N–H and O–H groups in total. The van der Waals surface area contributed by atoms with E-state index in [-0.39, 0.29) is 12.4 Å². The molecule has 0 fully saturated rings. The average molecular weight is 300 g/mol. The Bertz CT molecular complexity index is 764. The first-order valence-electron chi connectivity index (χ1n) is 6.44. The molecule has 0 amide bonds. The zero-order valence-electron chi connectivity index (χ0n) is 11.0. The number of aliphatic imine (C=N–C) groups is 1. The van der Waals surface area contributed by atoms with Crippen LogP contribution in [-0.2, 0) is 0 Å². The summed E-state index contributed by atoms with van der Waals surface area (Å²) in [5.41, 5.74) is 2.34. The Labute approximate surface area is 126 Å². The number of nitrogens with one attached hydrogen (secondary N) is 1. The topological polar surface area (TPSA) is 48.2 Å². The number of nitriles is 1. The molecular weight excluding hydrogens is 289 g/mol. The van der Waals surface area contributed by atoms with Crippen LogP contribution in [0.4, 0.5) is 10.1 Å². The molecule has 104 valence electrons. The Morgan fingerprint density at radius 1 is 1.24 bits per heavy atom. The molecular formula is C16H11ClFN3. The van der Waals surface area contributed by atoms with Crippen molar-refractivity contribution >= 4 is 23.0 Å². The number of fused-ring (bicyclic) bond motifs is 1. The molecule has 3 nitrogen and oxygen atoms in total. The number of rotatable bonds is 1. The lowest BCUT2D eigenvalue weighted by atomic mass is 10.00. The average Bonchev–Trinajstić information content (AvgIpc) is 2.67. The monoisotopic (exact) mass is 299 g/mol. The van der Waals surface area contributed by atoms with Crippen molar-refractivity contribution in [3.05, 3.63) is 64.4 Å². The van der Waals surface area contributed by atoms with E-state index in [9.17, 15) is 4.39 Å². The number of anilines is 1. The van der Waals surface area contributed by atoms with Crippen LogP contribution in [-0.4, -0.2) is 18.3 Å². The van der Waals surface area contributed by atoms with E-state index in [0.717, 1.165) is 5.69 Å². The van der Waals surface area contributed by atoms with Crippen LogP contribution in [0.1, 0.15) is 11.1 Å². The molecule has 0 bridgehead atoms. The second-order valence-corrected chi connectivity index (χ2v) is 5.12. The minimum Gasteiger partial charge on any atom is -0.368 e. The number of nitrogens with zero attached hydrogens (tertiary/aromatic N) is 2. The first kappa shape index (κ1) is 13.6. The highest BCUT2D eigenvalue weighted by Gasteiger charge is 2.21. The van der Waals surface area contributed by atoms with E-state index < -0.39 is 6.04 Å². The highest BCUT2D eigenvalue weighted by atomic mass is 35.5. The van der Waals surface area contributed by atoms with Crippen LogP contribution < -0.4 is 5.32 Å². The Morgan fingerprint density at radius 3 is 2.81 bits per heavy atom. The van der Waals surface area contributed by atoms with Crippen LogP contribution in [0.25, 0.3) is 0 Å². The summed E-state index contributed by atoms with van der Waals surface area (Å²) in [6.07, 6.45) is 0. The van der Waals surface area contributed by atoms with Gasteiger partial charge in [0.1, 0.15) is 11.9 Å². The summed E-state index contributed by atoms with van der Waals surface area (Å²) in [6.45, 7) is 0.256. The third-order valence-corrected chi connectivity index (χ3v) is 3.52. The molecule has 1 atom stereocenters. The van der Waals surface area contributed by atoms with Crippen molar-refractivity contribution in [3.63, 3.8) is 0 Å². The van der Waals surface area contributed by atoms with Gasteiger partial charge in [-0.25, -0.2) is 4.39 Å². The van der Waals surface area contributed by atoms with Gasteiger partial charge in [0, 0.05) is 21.8 Å². The normalized spacial score (nSPS) is 17.0. The predicted molar refractivity (Wildman–Crippen MR) is 81.4 cm³/mol. The van der Waals surface area contributed by atoms with Crippen molar-refractivity contribution in [1.29, 1.82) is 5.26 Å². The van der Waals surface area contributed by atoms with Crippen molar-refractivity contribution in [2.75, 3.05) is 11.9 Å². The van der Waals surface area contributed by atoms with Gasteiger partial charge in [-0.1, -0.05) is 23.7 Å². The molecule has 0 radical (unpaired) electrons. The molecule has 2 aromatic carbocycles.